The third-order valence-corrected chi connectivity index (χ3v) is 6.22. The highest BCUT2D eigenvalue weighted by Crippen LogP contribution is 3.02. The molecule has 1 unspecified atom stereocenters. The Labute approximate surface area is 169 Å². The fourth-order valence-corrected chi connectivity index (χ4v) is 4.23. The third kappa shape index (κ3) is 4.15. The summed E-state index contributed by atoms with van der Waals surface area (Å²) in [5.74, 6) is 0.177. The van der Waals surface area contributed by atoms with E-state index in [0.717, 1.165) is 35.4 Å². The lowest BCUT2D eigenvalue weighted by atomic mass is 9.88. The Hall–Kier alpha value is -2.59. The van der Waals surface area contributed by atoms with E-state index in [1.165, 1.54) is 0 Å². The summed E-state index contributed by atoms with van der Waals surface area (Å²) in [4.78, 5) is 2.29. The molecule has 1 atom stereocenters. The maximum Gasteiger partial charge on any atom is 0.310 e. The topological polar surface area (TPSA) is 58.3 Å². The Morgan fingerprint density at radius 2 is 1.77 bits per heavy atom. The van der Waals surface area contributed by atoms with E-state index in [2.05, 4.69) is 10.3 Å². The van der Waals surface area contributed by atoms with Crippen LogP contribution in [-0.2, 0) is 12.8 Å². The van der Waals surface area contributed by atoms with Gasteiger partial charge in [0.15, 0.2) is 5.76 Å². The number of hydrogen-bond acceptors (Lipinski definition) is 4. The van der Waals surface area contributed by atoms with Crippen LogP contribution in [0.4, 0.5) is 31.1 Å². The van der Waals surface area contributed by atoms with E-state index >= 15 is 0 Å². The first-order valence-corrected chi connectivity index (χ1v) is 11.1. The number of halogens is 5. The molecular weight excluding hydrogens is 427 g/mol. The number of aromatic nitrogens is 1. The highest BCUT2D eigenvalue weighted by atomic mass is 32.5. The minimum Gasteiger partial charge on any atom is -0.423 e. The lowest BCUT2D eigenvalue weighted by molar-refractivity contribution is 0.159. The van der Waals surface area contributed by atoms with Gasteiger partial charge in [-0.25, -0.2) is 0 Å². The third-order valence-electron chi connectivity index (χ3n) is 5.06. The van der Waals surface area contributed by atoms with E-state index in [1.54, 1.807) is 6.92 Å². The van der Waals surface area contributed by atoms with Crippen molar-refractivity contribution in [2.45, 2.75) is 37.2 Å². The molecule has 0 saturated carbocycles. The zero-order chi connectivity index (χ0) is 21.8. The van der Waals surface area contributed by atoms with E-state index in [9.17, 15) is 24.5 Å². The number of anilines is 2. The van der Waals surface area contributed by atoms with Gasteiger partial charge in [0.1, 0.15) is 4.90 Å². The molecule has 2 N–H and O–H groups in total. The lowest BCUT2D eigenvalue weighted by Crippen LogP contribution is -2.19. The van der Waals surface area contributed by atoms with Crippen LogP contribution < -0.4 is 5.32 Å². The van der Waals surface area contributed by atoms with E-state index in [1.807, 2.05) is 18.2 Å². The molecule has 0 fully saturated rings. The molecule has 162 valence electrons. The largest absolute Gasteiger partial charge is 0.423 e. The van der Waals surface area contributed by atoms with Crippen molar-refractivity contribution in [3.63, 3.8) is 0 Å². The van der Waals surface area contributed by atoms with Crippen LogP contribution in [0.5, 0.6) is 0 Å². The van der Waals surface area contributed by atoms with Crippen LogP contribution in [0.2, 0.25) is 0 Å². The molecule has 1 aliphatic rings. The highest BCUT2D eigenvalue weighted by molar-refractivity contribution is 8.45. The van der Waals surface area contributed by atoms with Gasteiger partial charge >= 0.3 is 10.2 Å². The Kier molecular flexibility index (Phi) is 4.28. The summed E-state index contributed by atoms with van der Waals surface area (Å²) in [6.07, 6.45) is 1.49. The SMILES string of the molecule is Cc1nc(Nc2cccc3c2CC(O)CC3)oc1-c1ccc(S(F)(F)(F)(F)F)cc1. The first kappa shape index (κ1) is 20.7. The van der Waals surface area contributed by atoms with Crippen molar-refractivity contribution in [1.82, 2.24) is 4.98 Å². The van der Waals surface area contributed by atoms with Crippen molar-refractivity contribution >= 4 is 21.9 Å². The number of nitrogens with zero attached hydrogens (tertiary/aromatic N) is 1. The van der Waals surface area contributed by atoms with Crippen LogP contribution in [-0.4, -0.2) is 16.2 Å². The number of oxazole rings is 1. The molecular formula is C20H19F5N2O2S. The van der Waals surface area contributed by atoms with Gasteiger partial charge in [-0.05, 0) is 61.2 Å². The monoisotopic (exact) mass is 446 g/mol. The number of benzene rings is 2. The smallest absolute Gasteiger partial charge is 0.310 e. The summed E-state index contributed by atoms with van der Waals surface area (Å²) >= 11 is 0. The molecule has 4 rings (SSSR count). The van der Waals surface area contributed by atoms with Gasteiger partial charge < -0.3 is 14.8 Å². The minimum absolute atomic E-state index is 0.118. The second-order valence-corrected chi connectivity index (χ2v) is 9.80. The first-order valence-electron chi connectivity index (χ1n) is 9.18. The summed E-state index contributed by atoms with van der Waals surface area (Å²) in [6.45, 7) is 1.60. The number of aryl methyl sites for hydroxylation is 2. The molecule has 30 heavy (non-hydrogen) atoms. The van der Waals surface area contributed by atoms with Crippen molar-refractivity contribution in [2.75, 3.05) is 5.32 Å². The molecule has 3 aromatic rings. The molecule has 0 aliphatic heterocycles. The quantitative estimate of drug-likeness (QED) is 0.428. The maximum atomic E-state index is 12.9. The van der Waals surface area contributed by atoms with Gasteiger partial charge in [0.2, 0.25) is 0 Å². The Morgan fingerprint density at radius 1 is 1.07 bits per heavy atom. The van der Waals surface area contributed by atoms with E-state index in [-0.39, 0.29) is 17.3 Å². The second kappa shape index (κ2) is 6.21. The van der Waals surface area contributed by atoms with Crippen LogP contribution in [0.25, 0.3) is 11.3 Å². The molecule has 10 heteroatoms. The molecule has 2 aromatic carbocycles. The summed E-state index contributed by atoms with van der Waals surface area (Å²) in [5, 5.41) is 13.0. The van der Waals surface area contributed by atoms with Crippen LogP contribution in [0.1, 0.15) is 23.2 Å². The van der Waals surface area contributed by atoms with Gasteiger partial charge in [0.25, 0.3) is 6.01 Å². The van der Waals surface area contributed by atoms with Gasteiger partial charge in [0.05, 0.1) is 11.8 Å². The van der Waals surface area contributed by atoms with Crippen molar-refractivity contribution in [2.24, 2.45) is 0 Å². The van der Waals surface area contributed by atoms with Gasteiger partial charge in [-0.15, -0.1) is 0 Å². The summed E-state index contributed by atoms with van der Waals surface area (Å²) < 4.78 is 70.2. The summed E-state index contributed by atoms with van der Waals surface area (Å²) in [7, 11) is -9.73. The van der Waals surface area contributed by atoms with Gasteiger partial charge in [0, 0.05) is 17.7 Å². The molecule has 0 spiro atoms. The molecule has 4 nitrogen and oxygen atoms in total. The zero-order valence-corrected chi connectivity index (χ0v) is 16.7. The van der Waals surface area contributed by atoms with Crippen molar-refractivity contribution < 1.29 is 29.0 Å². The summed E-state index contributed by atoms with van der Waals surface area (Å²) in [6, 6.07) is 8.36. The number of fused-ring (bicyclic) bond motifs is 1. The standard InChI is InChI=1S/C20H19F5N2O2S/c1-12-19(14-6-9-16(10-7-14)30(21,22,23,24)25)29-20(26-12)27-18-4-2-3-13-5-8-15(28)11-17(13)18/h2-4,6-7,9-10,15,28H,5,8,11H2,1H3,(H,26,27). The average Bonchev–Trinajstić information content (AvgIpc) is 3.01. The van der Waals surface area contributed by atoms with Crippen LogP contribution in [0, 0.1) is 6.92 Å². The molecule has 1 aromatic heterocycles. The van der Waals surface area contributed by atoms with Crippen LogP contribution >= 0.6 is 10.2 Å². The number of hydrogen-bond donors (Lipinski definition) is 2. The molecule has 1 aliphatic carbocycles. The molecule has 1 heterocycles. The zero-order valence-electron chi connectivity index (χ0n) is 15.8. The first-order chi connectivity index (χ1) is 13.8. The number of nitrogens with one attached hydrogen (secondary N) is 1. The van der Waals surface area contributed by atoms with E-state index in [4.69, 9.17) is 4.42 Å². The molecule has 0 radical (unpaired) electrons. The average molecular weight is 446 g/mol. The van der Waals surface area contributed by atoms with Crippen LogP contribution in [0.15, 0.2) is 51.8 Å². The number of aliphatic hydroxyl groups is 1. The Balaban J connectivity index is 1.63. The minimum atomic E-state index is -9.73. The second-order valence-electron chi connectivity index (χ2n) is 7.39. The lowest BCUT2D eigenvalue weighted by Gasteiger charge is -2.40. The predicted octanol–water partition coefficient (Wildman–Crippen LogP) is 6.90. The normalized spacial score (nSPS) is 19.0. The van der Waals surface area contributed by atoms with Gasteiger partial charge in [-0.1, -0.05) is 31.6 Å². The Bertz CT molecular complexity index is 1110. The maximum absolute atomic E-state index is 12.9. The fraction of sp³-hybridized carbons (Fsp3) is 0.250. The van der Waals surface area contributed by atoms with Crippen LogP contribution in [0.3, 0.4) is 0 Å². The fourth-order valence-electron chi connectivity index (χ4n) is 3.58. The van der Waals surface area contributed by atoms with Gasteiger partial charge in [-0.3, -0.25) is 0 Å². The highest BCUT2D eigenvalue weighted by Gasteiger charge is 2.65. The van der Waals surface area contributed by atoms with Crippen molar-refractivity contribution in [3.8, 4) is 11.3 Å². The van der Waals surface area contributed by atoms with Gasteiger partial charge in [-0.2, -0.15) is 4.98 Å². The predicted molar refractivity (Wildman–Crippen MR) is 106 cm³/mol. The number of aliphatic hydroxyl groups excluding tert-OH is 1. The summed E-state index contributed by atoms with van der Waals surface area (Å²) in [5.41, 5.74) is 3.37. The molecule has 0 saturated heterocycles. The van der Waals surface area contributed by atoms with E-state index in [0.29, 0.717) is 30.7 Å². The number of rotatable bonds is 4. The van der Waals surface area contributed by atoms with Crippen molar-refractivity contribution in [3.05, 3.63) is 59.3 Å². The molecule has 0 amide bonds. The molecule has 0 bridgehead atoms. The Morgan fingerprint density at radius 3 is 2.43 bits per heavy atom. The van der Waals surface area contributed by atoms with Crippen molar-refractivity contribution in [1.29, 1.82) is 0 Å². The van der Waals surface area contributed by atoms with E-state index < -0.39 is 21.2 Å².